The Morgan fingerprint density at radius 1 is 1.46 bits per heavy atom. The molecule has 1 saturated heterocycles. The summed E-state index contributed by atoms with van der Waals surface area (Å²) in [5.41, 5.74) is 0. The summed E-state index contributed by atoms with van der Waals surface area (Å²) in [7, 11) is 0. The van der Waals surface area contributed by atoms with Gasteiger partial charge >= 0.3 is 0 Å². The maximum atomic E-state index is 2.69. The largest absolute Gasteiger partial charge is 0.300 e. The summed E-state index contributed by atoms with van der Waals surface area (Å²) in [6.45, 7) is 7.33. The van der Waals surface area contributed by atoms with E-state index in [4.69, 9.17) is 0 Å². The minimum atomic E-state index is 0.861. The van der Waals surface area contributed by atoms with E-state index in [1.54, 1.807) is 0 Å². The van der Waals surface area contributed by atoms with E-state index in [0.29, 0.717) is 0 Å². The lowest BCUT2D eigenvalue weighted by molar-refractivity contribution is 0.239. The maximum Gasteiger partial charge on any atom is 0.00985 e. The highest BCUT2D eigenvalue weighted by atomic mass is 32.2. The Hall–Kier alpha value is 0.310. The molecule has 0 radical (unpaired) electrons. The molecule has 78 valence electrons. The van der Waals surface area contributed by atoms with Crippen LogP contribution in [0.15, 0.2) is 0 Å². The average molecular weight is 201 g/mol. The van der Waals surface area contributed by atoms with Crippen molar-refractivity contribution in [2.75, 3.05) is 25.1 Å². The zero-order valence-electron chi connectivity index (χ0n) is 9.25. The van der Waals surface area contributed by atoms with E-state index in [-0.39, 0.29) is 0 Å². The van der Waals surface area contributed by atoms with Crippen molar-refractivity contribution in [3.63, 3.8) is 0 Å². The van der Waals surface area contributed by atoms with Gasteiger partial charge in [-0.05, 0) is 38.0 Å². The zero-order chi connectivity index (χ0) is 9.68. The van der Waals surface area contributed by atoms with Crippen molar-refractivity contribution in [3.8, 4) is 0 Å². The standard InChI is InChI=1S/C11H23NS/c1-10(2)9-11-5-4-6-12(11)7-8-13-3/h10-11H,4-9H2,1-3H3. The summed E-state index contributed by atoms with van der Waals surface area (Å²) in [6, 6.07) is 0.896. The van der Waals surface area contributed by atoms with Gasteiger partial charge in [0.2, 0.25) is 0 Å². The second-order valence-corrected chi connectivity index (χ2v) is 5.44. The molecule has 0 aromatic heterocycles. The average Bonchev–Trinajstić information content (AvgIpc) is 2.48. The fourth-order valence-electron chi connectivity index (χ4n) is 2.21. The zero-order valence-corrected chi connectivity index (χ0v) is 10.1. The van der Waals surface area contributed by atoms with E-state index in [0.717, 1.165) is 12.0 Å². The molecule has 1 aliphatic rings. The third-order valence-electron chi connectivity index (χ3n) is 2.83. The number of thioether (sulfide) groups is 1. The number of likely N-dealkylation sites (tertiary alicyclic amines) is 1. The number of nitrogens with zero attached hydrogens (tertiary/aromatic N) is 1. The van der Waals surface area contributed by atoms with Gasteiger partial charge in [-0.25, -0.2) is 0 Å². The van der Waals surface area contributed by atoms with E-state index < -0.39 is 0 Å². The first-order valence-corrected chi connectivity index (χ1v) is 6.86. The fourth-order valence-corrected chi connectivity index (χ4v) is 2.63. The van der Waals surface area contributed by atoms with Crippen LogP contribution in [0.3, 0.4) is 0 Å². The molecule has 1 unspecified atom stereocenters. The highest BCUT2D eigenvalue weighted by Crippen LogP contribution is 2.23. The molecule has 0 aliphatic carbocycles. The molecule has 0 aromatic rings. The van der Waals surface area contributed by atoms with Crippen molar-refractivity contribution in [2.45, 2.75) is 39.2 Å². The fraction of sp³-hybridized carbons (Fsp3) is 1.00. The van der Waals surface area contributed by atoms with E-state index in [1.165, 1.54) is 38.1 Å². The van der Waals surface area contributed by atoms with E-state index in [2.05, 4.69) is 25.0 Å². The van der Waals surface area contributed by atoms with Crippen molar-refractivity contribution >= 4 is 11.8 Å². The second-order valence-electron chi connectivity index (χ2n) is 4.45. The maximum absolute atomic E-state index is 2.69. The number of hydrogen-bond donors (Lipinski definition) is 0. The highest BCUT2D eigenvalue weighted by molar-refractivity contribution is 7.98. The van der Waals surface area contributed by atoms with Crippen LogP contribution in [0.25, 0.3) is 0 Å². The Morgan fingerprint density at radius 2 is 2.23 bits per heavy atom. The van der Waals surface area contributed by atoms with Gasteiger partial charge in [0.1, 0.15) is 0 Å². The number of rotatable bonds is 5. The van der Waals surface area contributed by atoms with Crippen LogP contribution < -0.4 is 0 Å². The first-order valence-electron chi connectivity index (χ1n) is 5.47. The molecule has 1 fully saturated rings. The molecule has 1 heterocycles. The first kappa shape index (κ1) is 11.4. The minimum Gasteiger partial charge on any atom is -0.300 e. The quantitative estimate of drug-likeness (QED) is 0.673. The van der Waals surface area contributed by atoms with E-state index >= 15 is 0 Å². The molecule has 13 heavy (non-hydrogen) atoms. The summed E-state index contributed by atoms with van der Waals surface area (Å²) in [4.78, 5) is 2.69. The molecule has 1 nitrogen and oxygen atoms in total. The molecule has 0 N–H and O–H groups in total. The Kier molecular flexibility index (Phi) is 5.18. The predicted molar refractivity (Wildman–Crippen MR) is 62.4 cm³/mol. The van der Waals surface area contributed by atoms with Crippen LogP contribution in [0.1, 0.15) is 33.1 Å². The van der Waals surface area contributed by atoms with Crippen LogP contribution in [0, 0.1) is 5.92 Å². The number of hydrogen-bond acceptors (Lipinski definition) is 2. The smallest absolute Gasteiger partial charge is 0.00985 e. The third-order valence-corrected chi connectivity index (χ3v) is 3.42. The molecular formula is C11H23NS. The Morgan fingerprint density at radius 3 is 2.85 bits per heavy atom. The minimum absolute atomic E-state index is 0.861. The predicted octanol–water partition coefficient (Wildman–Crippen LogP) is 2.86. The van der Waals surface area contributed by atoms with Crippen LogP contribution in [0.5, 0.6) is 0 Å². The van der Waals surface area contributed by atoms with E-state index in [9.17, 15) is 0 Å². The van der Waals surface area contributed by atoms with Crippen LogP contribution in [-0.4, -0.2) is 36.0 Å². The van der Waals surface area contributed by atoms with Gasteiger partial charge < -0.3 is 0 Å². The van der Waals surface area contributed by atoms with Crippen LogP contribution in [0.4, 0.5) is 0 Å². The van der Waals surface area contributed by atoms with Gasteiger partial charge in [-0.3, -0.25) is 4.90 Å². The Labute approximate surface area is 87.3 Å². The molecule has 0 bridgehead atoms. The molecule has 2 heteroatoms. The van der Waals surface area contributed by atoms with Crippen LogP contribution in [-0.2, 0) is 0 Å². The van der Waals surface area contributed by atoms with Crippen molar-refractivity contribution in [1.29, 1.82) is 0 Å². The summed E-state index contributed by atoms with van der Waals surface area (Å²) in [5, 5.41) is 0. The SMILES string of the molecule is CSCCN1CCCC1CC(C)C. The van der Waals surface area contributed by atoms with Gasteiger partial charge in [-0.15, -0.1) is 0 Å². The Balaban J connectivity index is 2.26. The lowest BCUT2D eigenvalue weighted by Crippen LogP contribution is -2.32. The Bertz CT molecular complexity index is 136. The monoisotopic (exact) mass is 201 g/mol. The van der Waals surface area contributed by atoms with Crippen molar-refractivity contribution in [2.24, 2.45) is 5.92 Å². The van der Waals surface area contributed by atoms with Gasteiger partial charge in [0.25, 0.3) is 0 Å². The molecular weight excluding hydrogens is 178 g/mol. The topological polar surface area (TPSA) is 3.24 Å². The lowest BCUT2D eigenvalue weighted by atomic mass is 10.0. The molecule has 0 amide bonds. The molecule has 0 aromatic carbocycles. The van der Waals surface area contributed by atoms with Crippen LogP contribution >= 0.6 is 11.8 Å². The van der Waals surface area contributed by atoms with Gasteiger partial charge in [0.15, 0.2) is 0 Å². The summed E-state index contributed by atoms with van der Waals surface area (Å²) >= 11 is 1.97. The highest BCUT2D eigenvalue weighted by Gasteiger charge is 2.23. The van der Waals surface area contributed by atoms with Gasteiger partial charge in [0, 0.05) is 18.3 Å². The summed E-state index contributed by atoms with van der Waals surface area (Å²) in [5.74, 6) is 2.16. The third kappa shape index (κ3) is 3.90. The molecule has 1 rings (SSSR count). The lowest BCUT2D eigenvalue weighted by Gasteiger charge is -2.25. The first-order chi connectivity index (χ1) is 6.24. The molecule has 0 spiro atoms. The van der Waals surface area contributed by atoms with Gasteiger partial charge in [-0.2, -0.15) is 11.8 Å². The van der Waals surface area contributed by atoms with Crippen molar-refractivity contribution in [3.05, 3.63) is 0 Å². The van der Waals surface area contributed by atoms with Gasteiger partial charge in [-0.1, -0.05) is 13.8 Å². The summed E-state index contributed by atoms with van der Waals surface area (Å²) in [6.07, 6.45) is 6.46. The normalized spacial score (nSPS) is 24.5. The van der Waals surface area contributed by atoms with Crippen molar-refractivity contribution < 1.29 is 0 Å². The van der Waals surface area contributed by atoms with Crippen molar-refractivity contribution in [1.82, 2.24) is 4.90 Å². The molecule has 1 atom stereocenters. The van der Waals surface area contributed by atoms with Crippen LogP contribution in [0.2, 0.25) is 0 Å². The van der Waals surface area contributed by atoms with E-state index in [1.807, 2.05) is 11.8 Å². The molecule has 1 aliphatic heterocycles. The van der Waals surface area contributed by atoms with Gasteiger partial charge in [0.05, 0.1) is 0 Å². The second kappa shape index (κ2) is 5.92. The molecule has 0 saturated carbocycles. The summed E-state index contributed by atoms with van der Waals surface area (Å²) < 4.78 is 0.